The molecule has 2 aromatic rings. The molecule has 0 bridgehead atoms. The molecular formula is C16H18BrFN2. The van der Waals surface area contributed by atoms with Crippen molar-refractivity contribution in [3.8, 4) is 0 Å². The lowest BCUT2D eigenvalue weighted by molar-refractivity contribution is 0.418. The van der Waals surface area contributed by atoms with Crippen LogP contribution in [0.5, 0.6) is 0 Å². The van der Waals surface area contributed by atoms with Gasteiger partial charge in [0.15, 0.2) is 0 Å². The van der Waals surface area contributed by atoms with Gasteiger partial charge in [-0.05, 0) is 60.4 Å². The Morgan fingerprint density at radius 2 is 1.65 bits per heavy atom. The van der Waals surface area contributed by atoms with Gasteiger partial charge in [-0.2, -0.15) is 0 Å². The Labute approximate surface area is 128 Å². The quantitative estimate of drug-likeness (QED) is 0.803. The van der Waals surface area contributed by atoms with Gasteiger partial charge in [-0.3, -0.25) is 0 Å². The first-order valence-electron chi connectivity index (χ1n) is 6.50. The molecule has 20 heavy (non-hydrogen) atoms. The molecule has 2 rings (SSSR count). The highest BCUT2D eigenvalue weighted by Crippen LogP contribution is 2.28. The van der Waals surface area contributed by atoms with Crippen LogP contribution in [0.3, 0.4) is 0 Å². The van der Waals surface area contributed by atoms with Gasteiger partial charge in [0, 0.05) is 24.5 Å². The highest BCUT2D eigenvalue weighted by atomic mass is 79.9. The number of rotatable bonds is 5. The summed E-state index contributed by atoms with van der Waals surface area (Å²) in [5.74, 6) is -0.242. The molecule has 0 unspecified atom stereocenters. The molecule has 2 nitrogen and oxygen atoms in total. The second-order valence-electron chi connectivity index (χ2n) is 4.89. The molecule has 0 N–H and O–H groups in total. The Balaban J connectivity index is 2.32. The summed E-state index contributed by atoms with van der Waals surface area (Å²) in [5, 5.41) is 0. The zero-order valence-electron chi connectivity index (χ0n) is 11.7. The molecule has 0 saturated carbocycles. The van der Waals surface area contributed by atoms with E-state index >= 15 is 0 Å². The third-order valence-corrected chi connectivity index (χ3v) is 3.70. The second-order valence-corrected chi connectivity index (χ2v) is 5.74. The zero-order chi connectivity index (χ0) is 14.5. The molecule has 4 heteroatoms. The Kier molecular flexibility index (Phi) is 5.15. The molecule has 106 valence electrons. The minimum absolute atomic E-state index is 0.242. The first kappa shape index (κ1) is 15.0. The van der Waals surface area contributed by atoms with E-state index in [9.17, 15) is 4.39 Å². The molecule has 0 aliphatic heterocycles. The van der Waals surface area contributed by atoms with Crippen molar-refractivity contribution in [1.82, 2.24) is 4.90 Å². The molecule has 0 fully saturated rings. The van der Waals surface area contributed by atoms with E-state index in [0.29, 0.717) is 4.47 Å². The SMILES string of the molecule is CN(C)CCN(c1ccccc1)c1ccc(Br)c(F)c1. The summed E-state index contributed by atoms with van der Waals surface area (Å²) >= 11 is 3.20. The number of hydrogen-bond acceptors (Lipinski definition) is 2. The van der Waals surface area contributed by atoms with E-state index in [0.717, 1.165) is 24.5 Å². The maximum Gasteiger partial charge on any atom is 0.139 e. The molecular weight excluding hydrogens is 319 g/mol. The van der Waals surface area contributed by atoms with Crippen molar-refractivity contribution < 1.29 is 4.39 Å². The molecule has 2 aromatic carbocycles. The summed E-state index contributed by atoms with van der Waals surface area (Å²) in [7, 11) is 4.07. The Morgan fingerprint density at radius 3 is 2.25 bits per heavy atom. The second kappa shape index (κ2) is 6.86. The van der Waals surface area contributed by atoms with Crippen molar-refractivity contribution in [2.75, 3.05) is 32.1 Å². The van der Waals surface area contributed by atoms with E-state index in [1.807, 2.05) is 50.5 Å². The maximum absolute atomic E-state index is 13.8. The predicted molar refractivity (Wildman–Crippen MR) is 86.1 cm³/mol. The maximum atomic E-state index is 13.8. The molecule has 0 radical (unpaired) electrons. The van der Waals surface area contributed by atoms with Gasteiger partial charge >= 0.3 is 0 Å². The normalized spacial score (nSPS) is 10.8. The number of para-hydroxylation sites is 1. The summed E-state index contributed by atoms with van der Waals surface area (Å²) in [6, 6.07) is 15.3. The first-order valence-corrected chi connectivity index (χ1v) is 7.29. The number of benzene rings is 2. The average molecular weight is 337 g/mol. The van der Waals surface area contributed by atoms with Crippen molar-refractivity contribution in [3.05, 3.63) is 58.8 Å². The van der Waals surface area contributed by atoms with Gasteiger partial charge in [-0.1, -0.05) is 18.2 Å². The summed E-state index contributed by atoms with van der Waals surface area (Å²) in [5.41, 5.74) is 1.93. The van der Waals surface area contributed by atoms with Gasteiger partial charge in [0.05, 0.1) is 4.47 Å². The van der Waals surface area contributed by atoms with Crippen molar-refractivity contribution in [1.29, 1.82) is 0 Å². The molecule has 0 amide bonds. The highest BCUT2D eigenvalue weighted by molar-refractivity contribution is 9.10. The average Bonchev–Trinajstić information content (AvgIpc) is 2.44. The Morgan fingerprint density at radius 1 is 0.950 bits per heavy atom. The van der Waals surface area contributed by atoms with Crippen LogP contribution >= 0.6 is 15.9 Å². The van der Waals surface area contributed by atoms with Gasteiger partial charge in [-0.15, -0.1) is 0 Å². The Hall–Kier alpha value is -1.39. The van der Waals surface area contributed by atoms with Gasteiger partial charge in [0.1, 0.15) is 5.82 Å². The van der Waals surface area contributed by atoms with Crippen molar-refractivity contribution >= 4 is 27.3 Å². The summed E-state index contributed by atoms with van der Waals surface area (Å²) in [6.07, 6.45) is 0. The van der Waals surface area contributed by atoms with Crippen LogP contribution in [0.25, 0.3) is 0 Å². The third kappa shape index (κ3) is 3.81. The monoisotopic (exact) mass is 336 g/mol. The van der Waals surface area contributed by atoms with E-state index in [1.165, 1.54) is 0 Å². The third-order valence-electron chi connectivity index (χ3n) is 3.05. The van der Waals surface area contributed by atoms with E-state index in [2.05, 4.69) is 25.7 Å². The minimum Gasteiger partial charge on any atom is -0.340 e. The van der Waals surface area contributed by atoms with Crippen LogP contribution in [-0.4, -0.2) is 32.1 Å². The highest BCUT2D eigenvalue weighted by Gasteiger charge is 2.11. The van der Waals surface area contributed by atoms with Crippen molar-refractivity contribution in [3.63, 3.8) is 0 Å². The van der Waals surface area contributed by atoms with Crippen molar-refractivity contribution in [2.24, 2.45) is 0 Å². The van der Waals surface area contributed by atoms with Crippen LogP contribution in [0.2, 0.25) is 0 Å². The van der Waals surface area contributed by atoms with Gasteiger partial charge in [0.25, 0.3) is 0 Å². The molecule has 0 spiro atoms. The van der Waals surface area contributed by atoms with Crippen LogP contribution in [0.15, 0.2) is 53.0 Å². The lowest BCUT2D eigenvalue weighted by Gasteiger charge is -2.26. The van der Waals surface area contributed by atoms with Gasteiger partial charge in [-0.25, -0.2) is 4.39 Å². The van der Waals surface area contributed by atoms with Crippen LogP contribution in [0.4, 0.5) is 15.8 Å². The lowest BCUT2D eigenvalue weighted by atomic mass is 10.2. The summed E-state index contributed by atoms with van der Waals surface area (Å²) in [4.78, 5) is 4.24. The lowest BCUT2D eigenvalue weighted by Crippen LogP contribution is -2.28. The largest absolute Gasteiger partial charge is 0.340 e. The van der Waals surface area contributed by atoms with Crippen molar-refractivity contribution in [2.45, 2.75) is 0 Å². The van der Waals surface area contributed by atoms with E-state index in [1.54, 1.807) is 12.1 Å². The fraction of sp³-hybridized carbons (Fsp3) is 0.250. The molecule has 0 atom stereocenters. The smallest absolute Gasteiger partial charge is 0.139 e. The first-order chi connectivity index (χ1) is 9.58. The molecule has 0 heterocycles. The number of likely N-dealkylation sites (N-methyl/N-ethyl adjacent to an activating group) is 1. The Bertz CT molecular complexity index is 558. The van der Waals surface area contributed by atoms with Gasteiger partial charge in [0.2, 0.25) is 0 Å². The number of anilines is 2. The van der Waals surface area contributed by atoms with Gasteiger partial charge < -0.3 is 9.80 Å². The number of nitrogens with zero attached hydrogens (tertiary/aromatic N) is 2. The van der Waals surface area contributed by atoms with Crippen LogP contribution in [-0.2, 0) is 0 Å². The molecule has 0 aliphatic rings. The number of hydrogen-bond donors (Lipinski definition) is 0. The number of halogens is 2. The standard InChI is InChI=1S/C16H18BrFN2/c1-19(2)10-11-20(13-6-4-3-5-7-13)14-8-9-15(17)16(18)12-14/h3-9,12H,10-11H2,1-2H3. The van der Waals surface area contributed by atoms with E-state index in [4.69, 9.17) is 0 Å². The molecule has 0 saturated heterocycles. The van der Waals surface area contributed by atoms with Crippen LogP contribution in [0, 0.1) is 5.82 Å². The molecule has 0 aromatic heterocycles. The summed E-state index contributed by atoms with van der Waals surface area (Å²) < 4.78 is 14.3. The van der Waals surface area contributed by atoms with Crippen LogP contribution in [0.1, 0.15) is 0 Å². The summed E-state index contributed by atoms with van der Waals surface area (Å²) in [6.45, 7) is 1.70. The minimum atomic E-state index is -0.242. The fourth-order valence-corrected chi connectivity index (χ4v) is 2.21. The van der Waals surface area contributed by atoms with Crippen LogP contribution < -0.4 is 4.90 Å². The van der Waals surface area contributed by atoms with E-state index in [-0.39, 0.29) is 5.82 Å². The predicted octanol–water partition coefficient (Wildman–Crippen LogP) is 4.29. The topological polar surface area (TPSA) is 6.48 Å². The zero-order valence-corrected chi connectivity index (χ0v) is 13.3. The van der Waals surface area contributed by atoms with E-state index < -0.39 is 0 Å². The molecule has 0 aliphatic carbocycles. The fourth-order valence-electron chi connectivity index (χ4n) is 1.97.